The lowest BCUT2D eigenvalue weighted by atomic mass is 10.1. The average molecular weight is 500 g/mol. The summed E-state index contributed by atoms with van der Waals surface area (Å²) in [6, 6.07) is 14.1. The van der Waals surface area contributed by atoms with Crippen LogP contribution in [0.1, 0.15) is 50.1 Å². The Balaban J connectivity index is 1.23. The van der Waals surface area contributed by atoms with Crippen molar-refractivity contribution in [2.75, 3.05) is 11.9 Å². The van der Waals surface area contributed by atoms with E-state index in [1.54, 1.807) is 18.2 Å². The summed E-state index contributed by atoms with van der Waals surface area (Å²) >= 11 is 0. The first-order valence-electron chi connectivity index (χ1n) is 11.7. The van der Waals surface area contributed by atoms with Gasteiger partial charge in [-0.3, -0.25) is 14.4 Å². The van der Waals surface area contributed by atoms with E-state index in [1.807, 2.05) is 24.3 Å². The molecule has 2 aromatic carbocycles. The number of hydrogen-bond donors (Lipinski definition) is 3. The third-order valence-electron chi connectivity index (χ3n) is 6.46. The number of anilines is 1. The molecule has 10 nitrogen and oxygen atoms in total. The van der Waals surface area contributed by atoms with Crippen molar-refractivity contribution in [1.82, 2.24) is 25.2 Å². The normalized spacial score (nSPS) is 15.9. The van der Waals surface area contributed by atoms with Crippen LogP contribution in [0.5, 0.6) is 5.75 Å². The number of hydrogen-bond acceptors (Lipinski definition) is 6. The van der Waals surface area contributed by atoms with Gasteiger partial charge in [-0.2, -0.15) is 5.10 Å². The predicted octanol–water partition coefficient (Wildman–Crippen LogP) is 2.55. The number of halogens is 1. The molecule has 37 heavy (non-hydrogen) atoms. The number of benzene rings is 2. The molecule has 0 saturated carbocycles. The maximum Gasteiger partial charge on any atom is 0.270 e. The summed E-state index contributed by atoms with van der Waals surface area (Å²) in [4.78, 5) is 41.9. The highest BCUT2D eigenvalue weighted by Crippen LogP contribution is 2.31. The van der Waals surface area contributed by atoms with Crippen LogP contribution in [0.25, 0.3) is 5.65 Å². The van der Waals surface area contributed by atoms with E-state index in [4.69, 9.17) is 4.74 Å². The molecule has 6 rings (SSSR count). The minimum atomic E-state index is -0.750. The van der Waals surface area contributed by atoms with Crippen molar-refractivity contribution in [2.45, 2.75) is 25.4 Å². The molecule has 0 fully saturated rings. The van der Waals surface area contributed by atoms with Gasteiger partial charge in [-0.15, -0.1) is 0 Å². The van der Waals surface area contributed by atoms with E-state index in [1.165, 1.54) is 11.6 Å². The van der Waals surface area contributed by atoms with Gasteiger partial charge >= 0.3 is 0 Å². The maximum absolute atomic E-state index is 14.4. The third kappa shape index (κ3) is 4.24. The van der Waals surface area contributed by atoms with Gasteiger partial charge in [0, 0.05) is 12.6 Å². The number of rotatable bonds is 5. The van der Waals surface area contributed by atoms with Crippen LogP contribution in [0.15, 0.2) is 54.7 Å². The number of carbonyl (C=O) groups excluding carboxylic acids is 3. The molecule has 4 aromatic rings. The van der Waals surface area contributed by atoms with Crippen molar-refractivity contribution in [3.63, 3.8) is 0 Å². The van der Waals surface area contributed by atoms with Gasteiger partial charge in [-0.05, 0) is 41.7 Å². The van der Waals surface area contributed by atoms with Gasteiger partial charge in [0.05, 0.1) is 17.9 Å². The van der Waals surface area contributed by atoms with Gasteiger partial charge in [0.1, 0.15) is 17.1 Å². The van der Waals surface area contributed by atoms with Gasteiger partial charge in [-0.1, -0.05) is 30.3 Å². The van der Waals surface area contributed by atoms with E-state index >= 15 is 0 Å². The second kappa shape index (κ2) is 9.01. The van der Waals surface area contributed by atoms with E-state index in [0.29, 0.717) is 17.0 Å². The second-order valence-electron chi connectivity index (χ2n) is 8.87. The molecule has 3 amide bonds. The van der Waals surface area contributed by atoms with Crippen molar-refractivity contribution in [2.24, 2.45) is 0 Å². The zero-order valence-corrected chi connectivity index (χ0v) is 19.5. The Hall–Kier alpha value is -4.80. The summed E-state index contributed by atoms with van der Waals surface area (Å²) in [6.07, 6.45) is 2.54. The lowest BCUT2D eigenvalue weighted by Gasteiger charge is -2.18. The van der Waals surface area contributed by atoms with Crippen molar-refractivity contribution in [1.29, 1.82) is 0 Å². The number of fused-ring (bicyclic) bond motifs is 3. The topological polar surface area (TPSA) is 127 Å². The first kappa shape index (κ1) is 22.7. The molecule has 2 aromatic heterocycles. The smallest absolute Gasteiger partial charge is 0.270 e. The van der Waals surface area contributed by atoms with Crippen molar-refractivity contribution in [3.05, 3.63) is 88.6 Å². The van der Waals surface area contributed by atoms with E-state index < -0.39 is 17.6 Å². The molecule has 0 bridgehead atoms. The summed E-state index contributed by atoms with van der Waals surface area (Å²) in [5.41, 5.74) is 3.07. The van der Waals surface area contributed by atoms with Crippen LogP contribution >= 0.6 is 0 Å². The molecule has 3 N–H and O–H groups in total. The Kier molecular flexibility index (Phi) is 5.52. The lowest BCUT2D eigenvalue weighted by molar-refractivity contribution is -0.118. The van der Waals surface area contributed by atoms with Gasteiger partial charge in [0.25, 0.3) is 17.7 Å². The number of ether oxygens (including phenoxy) is 1. The van der Waals surface area contributed by atoms with Crippen LogP contribution in [0.2, 0.25) is 0 Å². The molecule has 11 heteroatoms. The monoisotopic (exact) mass is 500 g/mol. The summed E-state index contributed by atoms with van der Waals surface area (Å²) in [5.74, 6) is -1.56. The van der Waals surface area contributed by atoms with Crippen molar-refractivity contribution in [3.8, 4) is 5.75 Å². The molecular weight excluding hydrogens is 479 g/mol. The van der Waals surface area contributed by atoms with Crippen LogP contribution in [-0.4, -0.2) is 38.9 Å². The number of amides is 3. The molecule has 0 spiro atoms. The van der Waals surface area contributed by atoms with Crippen LogP contribution in [-0.2, 0) is 17.8 Å². The van der Waals surface area contributed by atoms with Crippen molar-refractivity contribution < 1.29 is 23.5 Å². The number of nitrogens with zero attached hydrogens (tertiary/aromatic N) is 3. The molecule has 1 atom stereocenters. The third-order valence-corrected chi connectivity index (χ3v) is 6.46. The standard InChI is InChI=1S/C26H21FN6O4/c27-17-12-29-33-21(26(36)32-18-7-6-15-3-1-2-4-16(15)18)10-20(31-24(17)33)25(35)28-11-14-5-8-22-19(9-14)30-23(34)13-37-22/h1-5,8-10,12,18H,6-7,11,13H2,(H,28,35)(H,30,34)(H,32,36)/t18-/m0/s1. The Bertz CT molecular complexity index is 1580. The van der Waals surface area contributed by atoms with Gasteiger partial charge in [0.2, 0.25) is 0 Å². The fraction of sp³-hybridized carbons (Fsp3) is 0.192. The summed E-state index contributed by atoms with van der Waals surface area (Å²) in [7, 11) is 0. The van der Waals surface area contributed by atoms with Gasteiger partial charge in [-0.25, -0.2) is 13.9 Å². The summed E-state index contributed by atoms with van der Waals surface area (Å²) in [5, 5.41) is 12.4. The Morgan fingerprint density at radius 2 is 2.03 bits per heavy atom. The number of aryl methyl sites for hydroxylation is 1. The first-order valence-corrected chi connectivity index (χ1v) is 11.7. The fourth-order valence-electron chi connectivity index (χ4n) is 4.67. The summed E-state index contributed by atoms with van der Waals surface area (Å²) < 4.78 is 20.9. The predicted molar refractivity (Wildman–Crippen MR) is 130 cm³/mol. The molecule has 2 aliphatic rings. The minimum Gasteiger partial charge on any atom is -0.482 e. The molecule has 186 valence electrons. The van der Waals surface area contributed by atoms with Gasteiger partial charge in [0.15, 0.2) is 18.1 Å². The molecule has 1 aliphatic carbocycles. The zero-order valence-electron chi connectivity index (χ0n) is 19.5. The Morgan fingerprint density at radius 1 is 1.16 bits per heavy atom. The SMILES string of the molecule is O=C1COc2ccc(CNC(=O)c3cc(C(=O)N[C@H]4CCc5ccccc54)n4ncc(F)c4n3)cc2N1. The van der Waals surface area contributed by atoms with Gasteiger partial charge < -0.3 is 20.7 Å². The van der Waals surface area contributed by atoms with E-state index in [9.17, 15) is 18.8 Å². The van der Waals surface area contributed by atoms with Crippen LogP contribution in [0, 0.1) is 5.82 Å². The van der Waals surface area contributed by atoms with Crippen LogP contribution in [0.4, 0.5) is 10.1 Å². The molecular formula is C26H21FN6O4. The first-order chi connectivity index (χ1) is 18.0. The highest BCUT2D eigenvalue weighted by atomic mass is 19.1. The number of nitrogens with one attached hydrogen (secondary N) is 3. The largest absolute Gasteiger partial charge is 0.482 e. The second-order valence-corrected chi connectivity index (χ2v) is 8.87. The lowest BCUT2D eigenvalue weighted by Crippen LogP contribution is -2.30. The molecule has 0 unspecified atom stereocenters. The average Bonchev–Trinajstić information content (AvgIpc) is 3.49. The van der Waals surface area contributed by atoms with E-state index in [2.05, 4.69) is 26.0 Å². The number of carbonyl (C=O) groups is 3. The molecule has 0 saturated heterocycles. The fourth-order valence-corrected chi connectivity index (χ4v) is 4.67. The zero-order chi connectivity index (χ0) is 25.5. The van der Waals surface area contributed by atoms with Crippen LogP contribution < -0.4 is 20.7 Å². The maximum atomic E-state index is 14.4. The van der Waals surface area contributed by atoms with E-state index in [-0.39, 0.29) is 42.1 Å². The minimum absolute atomic E-state index is 0.00271. The highest BCUT2D eigenvalue weighted by molar-refractivity contribution is 5.98. The molecule has 3 heterocycles. The van der Waals surface area contributed by atoms with E-state index in [0.717, 1.165) is 29.1 Å². The number of aromatic nitrogens is 3. The molecule has 0 radical (unpaired) electrons. The quantitative estimate of drug-likeness (QED) is 0.387. The van der Waals surface area contributed by atoms with Crippen LogP contribution in [0.3, 0.4) is 0 Å². The molecule has 1 aliphatic heterocycles. The Labute approximate surface area is 209 Å². The Morgan fingerprint density at radius 3 is 2.92 bits per heavy atom. The highest BCUT2D eigenvalue weighted by Gasteiger charge is 2.26. The summed E-state index contributed by atoms with van der Waals surface area (Å²) in [6.45, 7) is 0.0581. The van der Waals surface area contributed by atoms with Crippen molar-refractivity contribution >= 4 is 29.1 Å².